The topological polar surface area (TPSA) is 37.4 Å². The van der Waals surface area contributed by atoms with Gasteiger partial charge in [-0.25, -0.2) is 0 Å². The first kappa shape index (κ1) is 14.5. The van der Waals surface area contributed by atoms with Crippen LogP contribution in [0.1, 0.15) is 71.1 Å². The minimum Gasteiger partial charge on any atom is -0.339 e. The van der Waals surface area contributed by atoms with E-state index >= 15 is 0 Å². The maximum absolute atomic E-state index is 12.7. The molecule has 0 aromatic rings. The van der Waals surface area contributed by atoms with Gasteiger partial charge in [-0.1, -0.05) is 25.7 Å². The van der Waals surface area contributed by atoms with Crippen LogP contribution < -0.4 is 0 Å². The molecule has 0 aromatic heterocycles. The summed E-state index contributed by atoms with van der Waals surface area (Å²) in [6.45, 7) is 2.51. The van der Waals surface area contributed by atoms with Gasteiger partial charge in [0, 0.05) is 24.9 Å². The number of amides is 1. The highest BCUT2D eigenvalue weighted by Crippen LogP contribution is 2.28. The molecular formula is C16H27NO2. The number of ketones is 1. The molecule has 2 rings (SSSR count). The van der Waals surface area contributed by atoms with E-state index in [0.29, 0.717) is 12.3 Å². The van der Waals surface area contributed by atoms with Gasteiger partial charge in [0.1, 0.15) is 5.78 Å². The normalized spacial score (nSPS) is 25.9. The second-order valence-corrected chi connectivity index (χ2v) is 6.28. The molecule has 0 aromatic carbocycles. The first-order valence-corrected chi connectivity index (χ1v) is 7.98. The van der Waals surface area contributed by atoms with Crippen LogP contribution in [0.3, 0.4) is 0 Å². The maximum Gasteiger partial charge on any atom is 0.225 e. The van der Waals surface area contributed by atoms with Crippen molar-refractivity contribution in [1.82, 2.24) is 4.90 Å². The molecule has 1 aliphatic heterocycles. The zero-order valence-electron chi connectivity index (χ0n) is 12.2. The van der Waals surface area contributed by atoms with Crippen LogP contribution in [-0.2, 0) is 9.59 Å². The summed E-state index contributed by atoms with van der Waals surface area (Å²) in [4.78, 5) is 26.1. The molecule has 0 N–H and O–H groups in total. The van der Waals surface area contributed by atoms with Gasteiger partial charge in [0.25, 0.3) is 0 Å². The van der Waals surface area contributed by atoms with Gasteiger partial charge in [-0.15, -0.1) is 0 Å². The van der Waals surface area contributed by atoms with Gasteiger partial charge in [0.05, 0.1) is 0 Å². The van der Waals surface area contributed by atoms with E-state index < -0.39 is 0 Å². The number of hydrogen-bond acceptors (Lipinski definition) is 2. The predicted octanol–water partition coefficient (Wildman–Crippen LogP) is 3.32. The lowest BCUT2D eigenvalue weighted by molar-refractivity contribution is -0.140. The average molecular weight is 265 g/mol. The summed E-state index contributed by atoms with van der Waals surface area (Å²) in [5, 5.41) is 0. The fraction of sp³-hybridized carbons (Fsp3) is 0.875. The zero-order chi connectivity index (χ0) is 13.7. The Labute approximate surface area is 116 Å². The van der Waals surface area contributed by atoms with Crippen molar-refractivity contribution in [2.24, 2.45) is 5.92 Å². The Kier molecular flexibility index (Phi) is 5.41. The molecule has 1 saturated carbocycles. The highest BCUT2D eigenvalue weighted by molar-refractivity contribution is 5.81. The summed E-state index contributed by atoms with van der Waals surface area (Å²) in [5.41, 5.74) is 0. The van der Waals surface area contributed by atoms with E-state index in [1.54, 1.807) is 6.92 Å². The third-order valence-corrected chi connectivity index (χ3v) is 4.64. The number of likely N-dealkylation sites (tertiary alicyclic amines) is 1. The van der Waals surface area contributed by atoms with E-state index in [4.69, 9.17) is 0 Å². The molecule has 1 atom stereocenters. The van der Waals surface area contributed by atoms with Gasteiger partial charge in [-0.05, 0) is 39.0 Å². The van der Waals surface area contributed by atoms with E-state index in [0.717, 1.165) is 38.6 Å². The van der Waals surface area contributed by atoms with Crippen LogP contribution in [0.5, 0.6) is 0 Å². The molecule has 1 aliphatic carbocycles. The van der Waals surface area contributed by atoms with E-state index in [1.165, 1.54) is 25.7 Å². The number of Topliss-reactive ketones (excluding diaryl/α,β-unsaturated/α-hetero) is 1. The molecule has 0 radical (unpaired) electrons. The second kappa shape index (κ2) is 7.06. The second-order valence-electron chi connectivity index (χ2n) is 6.28. The van der Waals surface area contributed by atoms with Crippen molar-refractivity contribution < 1.29 is 9.59 Å². The summed E-state index contributed by atoms with van der Waals surface area (Å²) < 4.78 is 0. The van der Waals surface area contributed by atoms with Crippen molar-refractivity contribution in [2.45, 2.75) is 77.2 Å². The standard InChI is InChI=1S/C16H27NO2/c1-13(18)12-15-10-6-7-11-17(15)16(19)14-8-4-2-3-5-9-14/h14-15H,2-12H2,1H3. The fourth-order valence-electron chi connectivity index (χ4n) is 3.60. The lowest BCUT2D eigenvalue weighted by atomic mass is 9.93. The molecular weight excluding hydrogens is 238 g/mol. The Bertz CT molecular complexity index is 319. The van der Waals surface area contributed by atoms with Gasteiger partial charge >= 0.3 is 0 Å². The highest BCUT2D eigenvalue weighted by atomic mass is 16.2. The van der Waals surface area contributed by atoms with Gasteiger partial charge in [0.15, 0.2) is 0 Å². The molecule has 1 unspecified atom stereocenters. The monoisotopic (exact) mass is 265 g/mol. The lowest BCUT2D eigenvalue weighted by Crippen LogP contribution is -2.47. The van der Waals surface area contributed by atoms with E-state index in [9.17, 15) is 9.59 Å². The SMILES string of the molecule is CC(=O)CC1CCCCN1C(=O)C1CCCCCC1. The molecule has 2 aliphatic rings. The molecule has 2 fully saturated rings. The van der Waals surface area contributed by atoms with Crippen molar-refractivity contribution in [3.63, 3.8) is 0 Å². The molecule has 0 bridgehead atoms. The minimum atomic E-state index is 0.182. The van der Waals surface area contributed by atoms with Crippen LogP contribution in [0.2, 0.25) is 0 Å². The maximum atomic E-state index is 12.7. The summed E-state index contributed by atoms with van der Waals surface area (Å²) in [6, 6.07) is 0.182. The van der Waals surface area contributed by atoms with E-state index in [2.05, 4.69) is 0 Å². The van der Waals surface area contributed by atoms with Gasteiger partial charge < -0.3 is 4.90 Å². The summed E-state index contributed by atoms with van der Waals surface area (Å²) >= 11 is 0. The van der Waals surface area contributed by atoms with E-state index in [1.807, 2.05) is 4.90 Å². The summed E-state index contributed by atoms with van der Waals surface area (Å²) in [7, 11) is 0. The van der Waals surface area contributed by atoms with Gasteiger partial charge in [0.2, 0.25) is 5.91 Å². The van der Waals surface area contributed by atoms with Crippen LogP contribution in [0, 0.1) is 5.92 Å². The molecule has 108 valence electrons. The molecule has 1 amide bonds. The van der Waals surface area contributed by atoms with Crippen LogP contribution in [-0.4, -0.2) is 29.2 Å². The number of nitrogens with zero attached hydrogens (tertiary/aromatic N) is 1. The Morgan fingerprint density at radius 3 is 2.21 bits per heavy atom. The van der Waals surface area contributed by atoms with Crippen molar-refractivity contribution in [1.29, 1.82) is 0 Å². The third kappa shape index (κ3) is 4.05. The van der Waals surface area contributed by atoms with Crippen LogP contribution in [0.4, 0.5) is 0 Å². The molecule has 1 heterocycles. The Morgan fingerprint density at radius 2 is 1.58 bits per heavy atom. The summed E-state index contributed by atoms with van der Waals surface area (Å²) in [5.74, 6) is 0.786. The quantitative estimate of drug-likeness (QED) is 0.734. The molecule has 1 saturated heterocycles. The summed E-state index contributed by atoms with van der Waals surface area (Å²) in [6.07, 6.45) is 10.9. The molecule has 3 heteroatoms. The highest BCUT2D eigenvalue weighted by Gasteiger charge is 2.32. The first-order chi connectivity index (χ1) is 9.18. The smallest absolute Gasteiger partial charge is 0.225 e. The van der Waals surface area contributed by atoms with Crippen LogP contribution in [0.25, 0.3) is 0 Å². The Hall–Kier alpha value is -0.860. The number of carbonyl (C=O) groups excluding carboxylic acids is 2. The van der Waals surface area contributed by atoms with Crippen molar-refractivity contribution in [2.75, 3.05) is 6.54 Å². The molecule has 0 spiro atoms. The predicted molar refractivity (Wildman–Crippen MR) is 75.8 cm³/mol. The van der Waals surface area contributed by atoms with Crippen molar-refractivity contribution in [3.05, 3.63) is 0 Å². The average Bonchev–Trinajstić information content (AvgIpc) is 2.67. The zero-order valence-corrected chi connectivity index (χ0v) is 12.2. The van der Waals surface area contributed by atoms with Crippen LogP contribution >= 0.6 is 0 Å². The molecule has 3 nitrogen and oxygen atoms in total. The minimum absolute atomic E-state index is 0.182. The van der Waals surface area contributed by atoms with Crippen LogP contribution in [0.15, 0.2) is 0 Å². The fourth-order valence-corrected chi connectivity index (χ4v) is 3.60. The van der Waals surface area contributed by atoms with Crippen molar-refractivity contribution >= 4 is 11.7 Å². The number of hydrogen-bond donors (Lipinski definition) is 0. The molecule has 19 heavy (non-hydrogen) atoms. The number of piperidine rings is 1. The third-order valence-electron chi connectivity index (χ3n) is 4.64. The lowest BCUT2D eigenvalue weighted by Gasteiger charge is -2.37. The van der Waals surface area contributed by atoms with E-state index in [-0.39, 0.29) is 17.7 Å². The number of rotatable bonds is 3. The Morgan fingerprint density at radius 1 is 0.947 bits per heavy atom. The largest absolute Gasteiger partial charge is 0.339 e. The van der Waals surface area contributed by atoms with Gasteiger partial charge in [-0.2, -0.15) is 0 Å². The van der Waals surface area contributed by atoms with Crippen molar-refractivity contribution in [3.8, 4) is 0 Å². The Balaban J connectivity index is 1.99. The first-order valence-electron chi connectivity index (χ1n) is 7.98. The number of carbonyl (C=O) groups is 2. The van der Waals surface area contributed by atoms with Gasteiger partial charge in [-0.3, -0.25) is 9.59 Å².